The molecule has 2 spiro atoms. The Bertz CT molecular complexity index is 222. The highest BCUT2D eigenvalue weighted by Gasteiger charge is 2.56. The van der Waals surface area contributed by atoms with Crippen LogP contribution in [-0.4, -0.2) is 32.1 Å². The predicted molar refractivity (Wildman–Crippen MR) is 57.6 cm³/mol. The normalized spacial score (nSPS) is 40.0. The molecule has 2 heterocycles. The zero-order valence-corrected chi connectivity index (χ0v) is 9.39. The van der Waals surface area contributed by atoms with Crippen molar-refractivity contribution in [2.75, 3.05) is 26.3 Å². The summed E-state index contributed by atoms with van der Waals surface area (Å²) in [7, 11) is 0. The molecule has 2 aliphatic heterocycles. The number of fused-ring (bicyclic) bond motifs is 1. The van der Waals surface area contributed by atoms with Crippen molar-refractivity contribution in [2.45, 2.75) is 44.3 Å². The van der Waals surface area contributed by atoms with Crippen molar-refractivity contribution in [3.63, 3.8) is 0 Å². The van der Waals surface area contributed by atoms with Gasteiger partial charge < -0.3 is 14.8 Å². The Morgan fingerprint density at radius 2 is 1.60 bits per heavy atom. The summed E-state index contributed by atoms with van der Waals surface area (Å²) in [6, 6.07) is 0. The Kier molecular flexibility index (Phi) is 2.49. The van der Waals surface area contributed by atoms with Crippen LogP contribution in [0.5, 0.6) is 0 Å². The van der Waals surface area contributed by atoms with E-state index in [1.54, 1.807) is 0 Å². The zero-order chi connectivity index (χ0) is 10.2. The van der Waals surface area contributed by atoms with Crippen LogP contribution in [0.25, 0.3) is 0 Å². The standard InChI is InChI=1S/C12H21NO2/c1-2-6-12(14-8-9-15-12)11(4-1)5-3-7-13-10-11/h13H,1-10H2/t11-/m1/s1. The molecule has 0 bridgehead atoms. The molecule has 15 heavy (non-hydrogen) atoms. The molecule has 0 radical (unpaired) electrons. The van der Waals surface area contributed by atoms with Crippen molar-refractivity contribution in [3.8, 4) is 0 Å². The van der Waals surface area contributed by atoms with E-state index in [9.17, 15) is 0 Å². The van der Waals surface area contributed by atoms with Gasteiger partial charge in [-0.15, -0.1) is 0 Å². The molecule has 2 saturated heterocycles. The monoisotopic (exact) mass is 211 g/mol. The highest BCUT2D eigenvalue weighted by Crippen LogP contribution is 2.52. The number of nitrogens with one attached hydrogen (secondary N) is 1. The molecular formula is C12H21NO2. The molecule has 3 nitrogen and oxygen atoms in total. The van der Waals surface area contributed by atoms with Crippen LogP contribution in [0, 0.1) is 5.41 Å². The fourth-order valence-corrected chi connectivity index (χ4v) is 3.69. The molecule has 3 heteroatoms. The first-order chi connectivity index (χ1) is 7.37. The number of ether oxygens (including phenoxy) is 2. The van der Waals surface area contributed by atoms with Crippen LogP contribution in [0.4, 0.5) is 0 Å². The van der Waals surface area contributed by atoms with Gasteiger partial charge in [0.15, 0.2) is 5.79 Å². The molecule has 1 N–H and O–H groups in total. The molecule has 1 aliphatic carbocycles. The second-order valence-electron chi connectivity index (χ2n) is 5.22. The van der Waals surface area contributed by atoms with Crippen LogP contribution in [0.3, 0.4) is 0 Å². The minimum absolute atomic E-state index is 0.224. The van der Waals surface area contributed by atoms with Gasteiger partial charge in [0.2, 0.25) is 0 Å². The van der Waals surface area contributed by atoms with Gasteiger partial charge in [-0.05, 0) is 32.2 Å². The SMILES string of the molecule is C1CC[C@]2(CCCNC2)C2(C1)OCCO2. The summed E-state index contributed by atoms with van der Waals surface area (Å²) in [4.78, 5) is 0. The van der Waals surface area contributed by atoms with E-state index in [2.05, 4.69) is 5.32 Å². The lowest BCUT2D eigenvalue weighted by Crippen LogP contribution is -2.58. The largest absolute Gasteiger partial charge is 0.347 e. The van der Waals surface area contributed by atoms with Gasteiger partial charge >= 0.3 is 0 Å². The maximum absolute atomic E-state index is 6.01. The molecule has 0 unspecified atom stereocenters. The molecule has 0 aromatic rings. The molecule has 0 amide bonds. The van der Waals surface area contributed by atoms with Gasteiger partial charge in [0.25, 0.3) is 0 Å². The Balaban J connectivity index is 1.88. The van der Waals surface area contributed by atoms with Crippen molar-refractivity contribution in [3.05, 3.63) is 0 Å². The van der Waals surface area contributed by atoms with Crippen LogP contribution in [0.15, 0.2) is 0 Å². The first kappa shape index (κ1) is 10.1. The van der Waals surface area contributed by atoms with Gasteiger partial charge in [0.1, 0.15) is 0 Å². The summed E-state index contributed by atoms with van der Waals surface area (Å²) < 4.78 is 12.0. The van der Waals surface area contributed by atoms with E-state index in [-0.39, 0.29) is 11.2 Å². The lowest BCUT2D eigenvalue weighted by atomic mass is 9.65. The third-order valence-corrected chi connectivity index (χ3v) is 4.45. The number of piperidine rings is 1. The van der Waals surface area contributed by atoms with E-state index in [1.165, 1.54) is 32.1 Å². The van der Waals surface area contributed by atoms with E-state index in [1.807, 2.05) is 0 Å². The van der Waals surface area contributed by atoms with Crippen molar-refractivity contribution >= 4 is 0 Å². The molecule has 3 fully saturated rings. The minimum Gasteiger partial charge on any atom is -0.347 e. The van der Waals surface area contributed by atoms with E-state index in [0.29, 0.717) is 0 Å². The summed E-state index contributed by atoms with van der Waals surface area (Å²) in [5.41, 5.74) is 0.278. The van der Waals surface area contributed by atoms with Gasteiger partial charge in [-0.3, -0.25) is 0 Å². The van der Waals surface area contributed by atoms with Crippen molar-refractivity contribution in [2.24, 2.45) is 5.41 Å². The Labute approximate surface area is 91.5 Å². The van der Waals surface area contributed by atoms with E-state index in [0.717, 1.165) is 32.7 Å². The summed E-state index contributed by atoms with van der Waals surface area (Å²) in [6.45, 7) is 3.84. The van der Waals surface area contributed by atoms with Crippen LogP contribution in [0.1, 0.15) is 38.5 Å². The van der Waals surface area contributed by atoms with E-state index >= 15 is 0 Å². The molecule has 0 aromatic carbocycles. The summed E-state index contributed by atoms with van der Waals surface area (Å²) in [5, 5.41) is 3.54. The summed E-state index contributed by atoms with van der Waals surface area (Å²) >= 11 is 0. The van der Waals surface area contributed by atoms with Crippen molar-refractivity contribution in [1.82, 2.24) is 5.32 Å². The first-order valence-electron chi connectivity index (χ1n) is 6.36. The van der Waals surface area contributed by atoms with Gasteiger partial charge in [-0.1, -0.05) is 6.42 Å². The van der Waals surface area contributed by atoms with Crippen molar-refractivity contribution < 1.29 is 9.47 Å². The molecular weight excluding hydrogens is 190 g/mol. The van der Waals surface area contributed by atoms with Crippen LogP contribution in [0.2, 0.25) is 0 Å². The predicted octanol–water partition coefficient (Wildman–Crippen LogP) is 1.67. The second-order valence-corrected chi connectivity index (χ2v) is 5.22. The maximum Gasteiger partial charge on any atom is 0.175 e. The maximum atomic E-state index is 6.01. The van der Waals surface area contributed by atoms with Gasteiger partial charge in [0, 0.05) is 18.4 Å². The average molecular weight is 211 g/mol. The summed E-state index contributed by atoms with van der Waals surface area (Å²) in [5.74, 6) is -0.224. The van der Waals surface area contributed by atoms with E-state index < -0.39 is 0 Å². The van der Waals surface area contributed by atoms with E-state index in [4.69, 9.17) is 9.47 Å². The topological polar surface area (TPSA) is 30.5 Å². The van der Waals surface area contributed by atoms with Crippen LogP contribution >= 0.6 is 0 Å². The number of rotatable bonds is 0. The molecule has 3 rings (SSSR count). The molecule has 1 atom stereocenters. The highest BCUT2D eigenvalue weighted by atomic mass is 16.7. The lowest BCUT2D eigenvalue weighted by molar-refractivity contribution is -0.260. The quantitative estimate of drug-likeness (QED) is 0.661. The third-order valence-electron chi connectivity index (χ3n) is 4.45. The number of hydrogen-bond donors (Lipinski definition) is 1. The Morgan fingerprint density at radius 3 is 2.33 bits per heavy atom. The third kappa shape index (κ3) is 1.44. The van der Waals surface area contributed by atoms with Crippen molar-refractivity contribution in [1.29, 1.82) is 0 Å². The molecule has 1 saturated carbocycles. The highest BCUT2D eigenvalue weighted by molar-refractivity contribution is 5.01. The molecule has 3 aliphatic rings. The number of hydrogen-bond acceptors (Lipinski definition) is 3. The molecule has 0 aromatic heterocycles. The fraction of sp³-hybridized carbons (Fsp3) is 1.00. The smallest absolute Gasteiger partial charge is 0.175 e. The fourth-order valence-electron chi connectivity index (χ4n) is 3.69. The Hall–Kier alpha value is -0.120. The zero-order valence-electron chi connectivity index (χ0n) is 9.39. The summed E-state index contributed by atoms with van der Waals surface area (Å²) in [6.07, 6.45) is 7.54. The second kappa shape index (κ2) is 3.72. The van der Waals surface area contributed by atoms with Gasteiger partial charge in [-0.25, -0.2) is 0 Å². The van der Waals surface area contributed by atoms with Gasteiger partial charge in [-0.2, -0.15) is 0 Å². The van der Waals surface area contributed by atoms with Crippen LogP contribution in [-0.2, 0) is 9.47 Å². The molecule has 86 valence electrons. The van der Waals surface area contributed by atoms with Crippen LogP contribution < -0.4 is 5.32 Å². The Morgan fingerprint density at radius 1 is 0.867 bits per heavy atom. The lowest BCUT2D eigenvalue weighted by Gasteiger charge is -2.52. The average Bonchev–Trinajstić information content (AvgIpc) is 2.75. The van der Waals surface area contributed by atoms with Gasteiger partial charge in [0.05, 0.1) is 13.2 Å². The first-order valence-corrected chi connectivity index (χ1v) is 6.36. The minimum atomic E-state index is -0.224.